The van der Waals surface area contributed by atoms with Gasteiger partial charge in [0.15, 0.2) is 0 Å². The lowest BCUT2D eigenvalue weighted by molar-refractivity contribution is -0.462. The van der Waals surface area contributed by atoms with Crippen LogP contribution in [0, 0.1) is 0 Å². The molecule has 0 aliphatic carbocycles. The zero-order valence-corrected chi connectivity index (χ0v) is 26.8. The molecule has 22 heteroatoms. The molecule has 0 saturated carbocycles. The Morgan fingerprint density at radius 2 is 1.00 bits per heavy atom. The number of hydrogen-bond acceptors (Lipinski definition) is 5. The number of nitrogens with zero attached hydrogens (tertiary/aromatic N) is 2. The largest absolute Gasteiger partial charge is 0.494 e. The highest BCUT2D eigenvalue weighted by Gasteiger charge is 2.95. The van der Waals surface area contributed by atoms with Gasteiger partial charge in [0.1, 0.15) is 5.75 Å². The molecule has 2 rings (SSSR count). The maximum Gasteiger partial charge on any atom is 0.460 e. The van der Waals surface area contributed by atoms with E-state index in [9.17, 15) is 79.4 Å². The minimum absolute atomic E-state index is 0.0687. The molecule has 2 aromatic rings. The predicted octanol–water partition coefficient (Wildman–Crippen LogP) is 12.0. The Balaban J connectivity index is 2.09. The van der Waals surface area contributed by atoms with Crippen LogP contribution < -0.4 is 4.74 Å². The summed E-state index contributed by atoms with van der Waals surface area (Å²) in [5.41, 5.74) is -1.90. The minimum Gasteiger partial charge on any atom is -0.494 e. The molecule has 2 aromatic carbocycles. The van der Waals surface area contributed by atoms with Crippen LogP contribution in [0.3, 0.4) is 0 Å². The van der Waals surface area contributed by atoms with Gasteiger partial charge in [0.05, 0.1) is 24.6 Å². The second-order valence-corrected chi connectivity index (χ2v) is 11.3. The lowest BCUT2D eigenvalue weighted by atomic mass is 9.87. The molecule has 0 saturated heterocycles. The van der Waals surface area contributed by atoms with Crippen molar-refractivity contribution in [1.82, 2.24) is 0 Å². The summed E-state index contributed by atoms with van der Waals surface area (Å²) >= 11 is 0. The minimum atomic E-state index is -8.69. The third-order valence-electron chi connectivity index (χ3n) is 7.16. The SMILES string of the molecule is C=C(C)CCOC(=O)CCCCCOc1ccc(N=Nc2ccc(C(F)(F)C(F)(F)C(F)(F)C(F)(F)C(F)(F)C(F)(F)C(F)(F)C(F)(F)F)cc2)cc1. The molecule has 298 valence electrons. The summed E-state index contributed by atoms with van der Waals surface area (Å²) in [6.45, 7) is 6.00. The van der Waals surface area contributed by atoms with Crippen LogP contribution in [0.4, 0.5) is 86.0 Å². The number of esters is 1. The van der Waals surface area contributed by atoms with E-state index in [2.05, 4.69) is 16.8 Å². The maximum absolute atomic E-state index is 14.5. The molecule has 0 N–H and O–H groups in total. The Morgan fingerprint density at radius 1 is 0.566 bits per heavy atom. The molecule has 0 aliphatic heterocycles. The average Bonchev–Trinajstić information content (AvgIpc) is 3.04. The highest BCUT2D eigenvalue weighted by Crippen LogP contribution is 2.65. The molecule has 0 spiro atoms. The van der Waals surface area contributed by atoms with Crippen LogP contribution in [0.15, 0.2) is 70.9 Å². The summed E-state index contributed by atoms with van der Waals surface area (Å²) in [6, 6.07) is 5.84. The van der Waals surface area contributed by atoms with Crippen LogP contribution >= 0.6 is 0 Å². The molecule has 0 aromatic heterocycles. The van der Waals surface area contributed by atoms with Gasteiger partial charge in [0.2, 0.25) is 0 Å². The maximum atomic E-state index is 14.5. The van der Waals surface area contributed by atoms with Gasteiger partial charge in [-0.1, -0.05) is 17.7 Å². The first kappa shape index (κ1) is 45.0. The number of ether oxygens (including phenoxy) is 2. The Bertz CT molecular complexity index is 1570. The highest BCUT2D eigenvalue weighted by atomic mass is 19.4. The highest BCUT2D eigenvalue weighted by molar-refractivity contribution is 5.69. The van der Waals surface area contributed by atoms with Crippen molar-refractivity contribution in [3.63, 3.8) is 0 Å². The Hall–Kier alpha value is -4.14. The van der Waals surface area contributed by atoms with Crippen LogP contribution in [-0.2, 0) is 15.5 Å². The Labute approximate surface area is 288 Å². The first-order valence-electron chi connectivity index (χ1n) is 14.8. The molecule has 0 fully saturated rings. The summed E-state index contributed by atoms with van der Waals surface area (Å²) in [5.74, 6) is -57.0. The molecule has 0 aliphatic rings. The van der Waals surface area contributed by atoms with E-state index in [0.29, 0.717) is 43.6 Å². The number of azo groups is 1. The molecule has 5 nitrogen and oxygen atoms in total. The predicted molar refractivity (Wildman–Crippen MR) is 151 cm³/mol. The van der Waals surface area contributed by atoms with Crippen molar-refractivity contribution in [2.45, 2.75) is 86.7 Å². The summed E-state index contributed by atoms with van der Waals surface area (Å²) < 4.78 is 241. The number of benzene rings is 2. The zero-order valence-electron chi connectivity index (χ0n) is 26.8. The molecule has 0 unspecified atom stereocenters. The van der Waals surface area contributed by atoms with E-state index in [4.69, 9.17) is 9.47 Å². The van der Waals surface area contributed by atoms with Gasteiger partial charge >= 0.3 is 53.6 Å². The van der Waals surface area contributed by atoms with E-state index >= 15 is 0 Å². The first-order chi connectivity index (χ1) is 24.0. The summed E-state index contributed by atoms with van der Waals surface area (Å²) in [7, 11) is 0. The molecular formula is C31H27F17N2O3. The van der Waals surface area contributed by atoms with Crippen LogP contribution in [-0.4, -0.2) is 60.9 Å². The summed E-state index contributed by atoms with van der Waals surface area (Å²) in [5, 5.41) is 7.17. The van der Waals surface area contributed by atoms with Gasteiger partial charge in [0, 0.05) is 18.4 Å². The fourth-order valence-electron chi connectivity index (χ4n) is 3.96. The van der Waals surface area contributed by atoms with Gasteiger partial charge in [0.25, 0.3) is 0 Å². The number of halogens is 17. The van der Waals surface area contributed by atoms with Crippen LogP contribution in [0.2, 0.25) is 0 Å². The van der Waals surface area contributed by atoms with E-state index in [1.165, 1.54) is 24.3 Å². The zero-order chi connectivity index (χ0) is 40.9. The smallest absolute Gasteiger partial charge is 0.460 e. The van der Waals surface area contributed by atoms with Gasteiger partial charge in [-0.05, 0) is 62.6 Å². The van der Waals surface area contributed by atoms with Crippen molar-refractivity contribution in [2.75, 3.05) is 13.2 Å². The molecular weight excluding hydrogens is 771 g/mol. The number of unbranched alkanes of at least 4 members (excludes halogenated alkanes) is 2. The van der Waals surface area contributed by atoms with E-state index in [1.54, 1.807) is 6.92 Å². The lowest BCUT2D eigenvalue weighted by Gasteiger charge is -2.42. The van der Waals surface area contributed by atoms with Gasteiger partial charge < -0.3 is 9.47 Å². The number of rotatable bonds is 19. The van der Waals surface area contributed by atoms with Crippen molar-refractivity contribution in [3.8, 4) is 5.75 Å². The first-order valence-corrected chi connectivity index (χ1v) is 14.8. The second kappa shape index (κ2) is 16.1. The molecule has 0 heterocycles. The topological polar surface area (TPSA) is 60.2 Å². The fourth-order valence-corrected chi connectivity index (χ4v) is 3.96. The van der Waals surface area contributed by atoms with Gasteiger partial charge in [-0.3, -0.25) is 4.79 Å². The van der Waals surface area contributed by atoms with Crippen molar-refractivity contribution in [2.24, 2.45) is 10.2 Å². The van der Waals surface area contributed by atoms with Crippen LogP contribution in [0.1, 0.15) is 44.6 Å². The van der Waals surface area contributed by atoms with Crippen molar-refractivity contribution < 1.29 is 88.9 Å². The van der Waals surface area contributed by atoms with E-state index in [0.717, 1.165) is 5.57 Å². The lowest BCUT2D eigenvalue weighted by Crippen LogP contribution is -2.74. The van der Waals surface area contributed by atoms with Crippen molar-refractivity contribution in [3.05, 3.63) is 66.2 Å². The second-order valence-electron chi connectivity index (χ2n) is 11.3. The molecule has 0 amide bonds. The third kappa shape index (κ3) is 9.15. The molecule has 0 atom stereocenters. The quantitative estimate of drug-likeness (QED) is 0.0468. The van der Waals surface area contributed by atoms with Crippen LogP contribution in [0.5, 0.6) is 5.75 Å². The van der Waals surface area contributed by atoms with Gasteiger partial charge in [-0.2, -0.15) is 84.9 Å². The number of alkyl halides is 17. The van der Waals surface area contributed by atoms with Gasteiger partial charge in [-0.15, -0.1) is 6.58 Å². The summed E-state index contributed by atoms with van der Waals surface area (Å²) in [6.07, 6.45) is -5.27. The Kier molecular flexibility index (Phi) is 13.7. The van der Waals surface area contributed by atoms with Crippen molar-refractivity contribution in [1.29, 1.82) is 0 Å². The van der Waals surface area contributed by atoms with Crippen molar-refractivity contribution >= 4 is 17.3 Å². The monoisotopic (exact) mass is 798 g/mol. The third-order valence-corrected chi connectivity index (χ3v) is 7.16. The standard InChI is InChI=1S/C31H27F17N2O3/c1-18(2)15-17-53-23(51)6-4-3-5-16-52-22-13-11-21(12-14-22)50-49-20-9-7-19(8-10-20)24(32,33)25(34,35)26(36,37)27(38,39)28(40,41)29(42,43)30(44,45)31(46,47)48/h7-14H,1,3-6,15-17H2,2H3. The summed E-state index contributed by atoms with van der Waals surface area (Å²) in [4.78, 5) is 11.6. The number of carbonyl (C=O) groups excluding carboxylic acids is 1. The average molecular weight is 799 g/mol. The van der Waals surface area contributed by atoms with Crippen LogP contribution in [0.25, 0.3) is 0 Å². The molecule has 0 radical (unpaired) electrons. The van der Waals surface area contributed by atoms with E-state index < -0.39 is 58.9 Å². The van der Waals surface area contributed by atoms with E-state index in [1.807, 2.05) is 0 Å². The van der Waals surface area contributed by atoms with Gasteiger partial charge in [-0.25, -0.2) is 0 Å². The normalized spacial score (nSPS) is 14.1. The number of carbonyl (C=O) groups is 1. The number of hydrogen-bond donors (Lipinski definition) is 0. The molecule has 0 bridgehead atoms. The fraction of sp³-hybridized carbons (Fsp3) is 0.516. The Morgan fingerprint density at radius 3 is 1.45 bits per heavy atom. The van der Waals surface area contributed by atoms with E-state index in [-0.39, 0.29) is 43.4 Å². The molecule has 53 heavy (non-hydrogen) atoms.